The number of aromatic nitrogens is 1. The lowest BCUT2D eigenvalue weighted by Crippen LogP contribution is -2.54. The fourth-order valence-corrected chi connectivity index (χ4v) is 3.87. The summed E-state index contributed by atoms with van der Waals surface area (Å²) in [6.07, 6.45) is -1.13. The van der Waals surface area contributed by atoms with Crippen LogP contribution in [0.2, 0.25) is 0 Å². The molecule has 1 aromatic carbocycles. The first-order chi connectivity index (χ1) is 12.1. The van der Waals surface area contributed by atoms with Crippen molar-refractivity contribution in [2.75, 3.05) is 0 Å². The maximum Gasteiger partial charge on any atom is 0.408 e. The Morgan fingerprint density at radius 3 is 2.42 bits per heavy atom. The maximum absolute atomic E-state index is 13.3. The van der Waals surface area contributed by atoms with Crippen molar-refractivity contribution >= 4 is 33.6 Å². The molecule has 0 saturated heterocycles. The molecule has 1 heterocycles. The van der Waals surface area contributed by atoms with Crippen LogP contribution in [0.4, 0.5) is 9.18 Å². The maximum atomic E-state index is 13.3. The summed E-state index contributed by atoms with van der Waals surface area (Å²) in [4.78, 5) is 30.0. The number of benzene rings is 1. The van der Waals surface area contributed by atoms with Gasteiger partial charge in [0.25, 0.3) is 0 Å². The second-order valence-corrected chi connectivity index (χ2v) is 7.93. The third-order valence-electron chi connectivity index (χ3n) is 4.07. The number of halogens is 1. The number of nitrogens with zero attached hydrogens (tertiary/aromatic N) is 2. The Morgan fingerprint density at radius 1 is 1.23 bits per heavy atom. The van der Waals surface area contributed by atoms with Crippen molar-refractivity contribution < 1.29 is 19.1 Å². The molecule has 2 rings (SSSR count). The van der Waals surface area contributed by atoms with E-state index in [0.29, 0.717) is 15.2 Å². The standard InChI is InChI=1S/C18H24FN3O3S/c1-9(2)15(22(10(3)4)18(24)25)16(23)20-11(5)17-21-13-7-6-12(19)8-14(13)26-17/h6-11,15H,1-5H3,(H,20,23)(H,24,25)/t11-,15+/m0/s1. The first-order valence-electron chi connectivity index (χ1n) is 8.49. The van der Waals surface area contributed by atoms with Gasteiger partial charge < -0.3 is 10.4 Å². The van der Waals surface area contributed by atoms with Gasteiger partial charge in [-0.25, -0.2) is 14.2 Å². The van der Waals surface area contributed by atoms with E-state index in [1.807, 2.05) is 13.8 Å². The molecule has 1 aromatic heterocycles. The number of hydrogen-bond acceptors (Lipinski definition) is 4. The highest BCUT2D eigenvalue weighted by molar-refractivity contribution is 7.18. The van der Waals surface area contributed by atoms with E-state index in [9.17, 15) is 19.1 Å². The van der Waals surface area contributed by atoms with E-state index in [-0.39, 0.29) is 23.7 Å². The number of fused-ring (bicyclic) bond motifs is 1. The lowest BCUT2D eigenvalue weighted by molar-refractivity contribution is -0.128. The normalized spacial score (nSPS) is 13.8. The topological polar surface area (TPSA) is 82.5 Å². The SMILES string of the molecule is CC(C)[C@H](C(=O)N[C@@H](C)c1nc2ccc(F)cc2s1)N(C(=O)O)C(C)C. The molecule has 2 amide bonds. The first-order valence-corrected chi connectivity index (χ1v) is 9.31. The molecule has 2 N–H and O–H groups in total. The molecule has 0 unspecified atom stereocenters. The highest BCUT2D eigenvalue weighted by Gasteiger charge is 2.35. The molecule has 0 aliphatic heterocycles. The lowest BCUT2D eigenvalue weighted by atomic mass is 10.00. The zero-order valence-corrected chi connectivity index (χ0v) is 16.3. The number of nitrogens with one attached hydrogen (secondary N) is 1. The van der Waals surface area contributed by atoms with E-state index in [0.717, 1.165) is 0 Å². The number of carboxylic acid groups (broad SMARTS) is 1. The summed E-state index contributed by atoms with van der Waals surface area (Å²) in [5, 5.41) is 13.0. The second-order valence-electron chi connectivity index (χ2n) is 6.87. The van der Waals surface area contributed by atoms with Gasteiger partial charge in [0.15, 0.2) is 0 Å². The number of carbonyl (C=O) groups is 2. The largest absolute Gasteiger partial charge is 0.465 e. The molecule has 2 aromatic rings. The van der Waals surface area contributed by atoms with Gasteiger partial charge in [0.1, 0.15) is 16.9 Å². The van der Waals surface area contributed by atoms with Crippen LogP contribution >= 0.6 is 11.3 Å². The monoisotopic (exact) mass is 381 g/mol. The van der Waals surface area contributed by atoms with Crippen molar-refractivity contribution in [3.8, 4) is 0 Å². The Balaban J connectivity index is 2.22. The molecule has 0 bridgehead atoms. The van der Waals surface area contributed by atoms with Crippen LogP contribution in [0, 0.1) is 11.7 Å². The Morgan fingerprint density at radius 2 is 1.88 bits per heavy atom. The Labute approximate surface area is 156 Å². The van der Waals surface area contributed by atoms with Crippen molar-refractivity contribution in [3.63, 3.8) is 0 Å². The van der Waals surface area contributed by atoms with E-state index in [1.165, 1.54) is 28.4 Å². The third kappa shape index (κ3) is 4.30. The van der Waals surface area contributed by atoms with Crippen LogP contribution in [0.1, 0.15) is 45.7 Å². The quantitative estimate of drug-likeness (QED) is 0.791. The van der Waals surface area contributed by atoms with Gasteiger partial charge in [-0.15, -0.1) is 11.3 Å². The molecule has 0 aliphatic rings. The predicted octanol–water partition coefficient (Wildman–Crippen LogP) is 4.03. The molecule has 0 spiro atoms. The highest BCUT2D eigenvalue weighted by Crippen LogP contribution is 2.27. The van der Waals surface area contributed by atoms with Crippen LogP contribution in [-0.4, -0.2) is 39.1 Å². The van der Waals surface area contributed by atoms with Gasteiger partial charge in [0, 0.05) is 6.04 Å². The van der Waals surface area contributed by atoms with Crippen molar-refractivity contribution in [2.45, 2.75) is 52.7 Å². The smallest absolute Gasteiger partial charge is 0.408 e. The summed E-state index contributed by atoms with van der Waals surface area (Å²) in [6, 6.07) is 2.81. The zero-order valence-electron chi connectivity index (χ0n) is 15.5. The number of carbonyl (C=O) groups excluding carboxylic acids is 1. The van der Waals surface area contributed by atoms with Crippen LogP contribution in [0.25, 0.3) is 10.2 Å². The van der Waals surface area contributed by atoms with Gasteiger partial charge in [-0.05, 0) is 44.9 Å². The summed E-state index contributed by atoms with van der Waals surface area (Å²) < 4.78 is 14.0. The highest BCUT2D eigenvalue weighted by atomic mass is 32.1. The first kappa shape index (κ1) is 20.1. The molecule has 0 radical (unpaired) electrons. The summed E-state index contributed by atoms with van der Waals surface area (Å²) in [6.45, 7) is 8.88. The predicted molar refractivity (Wildman–Crippen MR) is 99.8 cm³/mol. The number of rotatable bonds is 6. The van der Waals surface area contributed by atoms with Gasteiger partial charge in [0.2, 0.25) is 5.91 Å². The van der Waals surface area contributed by atoms with Crippen LogP contribution < -0.4 is 5.32 Å². The van der Waals surface area contributed by atoms with Crippen molar-refractivity contribution in [3.05, 3.63) is 29.0 Å². The van der Waals surface area contributed by atoms with Gasteiger partial charge in [0.05, 0.1) is 16.3 Å². The van der Waals surface area contributed by atoms with Gasteiger partial charge in [-0.2, -0.15) is 0 Å². The van der Waals surface area contributed by atoms with Gasteiger partial charge in [-0.3, -0.25) is 9.69 Å². The molecular weight excluding hydrogens is 357 g/mol. The van der Waals surface area contributed by atoms with Crippen LogP contribution in [-0.2, 0) is 4.79 Å². The minimum Gasteiger partial charge on any atom is -0.465 e. The van der Waals surface area contributed by atoms with E-state index < -0.39 is 18.2 Å². The molecule has 6 nitrogen and oxygen atoms in total. The number of thiazole rings is 1. The molecule has 142 valence electrons. The lowest BCUT2D eigenvalue weighted by Gasteiger charge is -2.34. The molecule has 2 atom stereocenters. The minimum atomic E-state index is -1.13. The molecule has 0 saturated carbocycles. The average Bonchev–Trinajstić information content (AvgIpc) is 2.94. The van der Waals surface area contributed by atoms with Gasteiger partial charge >= 0.3 is 6.09 Å². The van der Waals surface area contributed by atoms with Crippen LogP contribution in [0.3, 0.4) is 0 Å². The fourth-order valence-electron chi connectivity index (χ4n) is 2.87. The Hall–Kier alpha value is -2.22. The third-order valence-corrected chi connectivity index (χ3v) is 5.27. The van der Waals surface area contributed by atoms with Crippen molar-refractivity contribution in [1.29, 1.82) is 0 Å². The number of hydrogen-bond donors (Lipinski definition) is 2. The Bertz CT molecular complexity index is 806. The molecule has 0 fully saturated rings. The van der Waals surface area contributed by atoms with Crippen molar-refractivity contribution in [1.82, 2.24) is 15.2 Å². The van der Waals surface area contributed by atoms with E-state index in [1.54, 1.807) is 26.8 Å². The summed E-state index contributed by atoms with van der Waals surface area (Å²) in [5.74, 6) is -0.891. The van der Waals surface area contributed by atoms with Crippen LogP contribution in [0.5, 0.6) is 0 Å². The molecular formula is C18H24FN3O3S. The van der Waals surface area contributed by atoms with Gasteiger partial charge in [-0.1, -0.05) is 13.8 Å². The summed E-state index contributed by atoms with van der Waals surface area (Å²) in [5.41, 5.74) is 0.669. The minimum absolute atomic E-state index is 0.190. The molecule has 26 heavy (non-hydrogen) atoms. The second kappa shape index (κ2) is 7.99. The Kier molecular flexibility index (Phi) is 6.17. The average molecular weight is 381 g/mol. The van der Waals surface area contributed by atoms with E-state index in [2.05, 4.69) is 10.3 Å². The zero-order chi connectivity index (χ0) is 19.6. The molecule has 8 heteroatoms. The van der Waals surface area contributed by atoms with Crippen LogP contribution in [0.15, 0.2) is 18.2 Å². The number of amides is 2. The van der Waals surface area contributed by atoms with Crippen molar-refractivity contribution in [2.24, 2.45) is 5.92 Å². The molecule has 0 aliphatic carbocycles. The fraction of sp³-hybridized carbons (Fsp3) is 0.500. The summed E-state index contributed by atoms with van der Waals surface area (Å²) in [7, 11) is 0. The van der Waals surface area contributed by atoms with E-state index >= 15 is 0 Å². The summed E-state index contributed by atoms with van der Waals surface area (Å²) >= 11 is 1.31. The van der Waals surface area contributed by atoms with E-state index in [4.69, 9.17) is 0 Å².